The maximum absolute atomic E-state index is 5.51. The minimum absolute atomic E-state index is 0.709. The summed E-state index contributed by atoms with van der Waals surface area (Å²) in [6.45, 7) is 5.84. The topological polar surface area (TPSA) is 55.9 Å². The van der Waals surface area contributed by atoms with E-state index < -0.39 is 0 Å². The Morgan fingerprint density at radius 2 is 2.00 bits per heavy atom. The first-order valence-electron chi connectivity index (χ1n) is 6.84. The molecule has 0 atom stereocenters. The highest BCUT2D eigenvalue weighted by Gasteiger charge is 2.09. The number of benzene rings is 1. The monoisotopic (exact) mass is 258 g/mol. The van der Waals surface area contributed by atoms with Crippen LogP contribution in [0.2, 0.25) is 0 Å². The fourth-order valence-corrected chi connectivity index (χ4v) is 2.10. The predicted molar refractivity (Wildman–Crippen MR) is 79.8 cm³/mol. The Bertz CT molecular complexity index is 513. The first-order valence-corrected chi connectivity index (χ1v) is 6.84. The quantitative estimate of drug-likeness (QED) is 0.783. The van der Waals surface area contributed by atoms with Crippen LogP contribution < -0.4 is 11.1 Å². The van der Waals surface area contributed by atoms with Gasteiger partial charge in [0.15, 0.2) is 0 Å². The molecule has 19 heavy (non-hydrogen) atoms. The smallest absolute Gasteiger partial charge is 0.0763 e. The van der Waals surface area contributed by atoms with Gasteiger partial charge in [-0.1, -0.05) is 24.6 Å². The Labute approximate surface area is 114 Å². The second-order valence-electron chi connectivity index (χ2n) is 4.67. The molecular formula is C15H22N4. The molecule has 0 spiro atoms. The van der Waals surface area contributed by atoms with E-state index in [4.69, 9.17) is 5.73 Å². The maximum atomic E-state index is 5.51. The van der Waals surface area contributed by atoms with Crippen LogP contribution in [0.25, 0.3) is 5.69 Å². The van der Waals surface area contributed by atoms with Crippen LogP contribution >= 0.6 is 0 Å². The van der Waals surface area contributed by atoms with Gasteiger partial charge in [-0.25, -0.2) is 4.68 Å². The second kappa shape index (κ2) is 6.38. The van der Waals surface area contributed by atoms with Crippen molar-refractivity contribution >= 4 is 5.69 Å². The van der Waals surface area contributed by atoms with E-state index in [9.17, 15) is 0 Å². The zero-order valence-corrected chi connectivity index (χ0v) is 11.7. The van der Waals surface area contributed by atoms with Gasteiger partial charge in [-0.2, -0.15) is 5.10 Å². The van der Waals surface area contributed by atoms with Crippen molar-refractivity contribution in [2.24, 2.45) is 5.73 Å². The van der Waals surface area contributed by atoms with Crippen LogP contribution in [0.1, 0.15) is 24.6 Å². The van der Waals surface area contributed by atoms with Crippen LogP contribution in [0.15, 0.2) is 30.5 Å². The summed E-state index contributed by atoms with van der Waals surface area (Å²) in [5, 5.41) is 7.89. The van der Waals surface area contributed by atoms with E-state index in [0.29, 0.717) is 6.54 Å². The molecule has 0 radical (unpaired) electrons. The van der Waals surface area contributed by atoms with Gasteiger partial charge in [0.25, 0.3) is 0 Å². The molecule has 1 aromatic carbocycles. The number of hydrogen-bond acceptors (Lipinski definition) is 3. The van der Waals surface area contributed by atoms with Crippen molar-refractivity contribution in [2.45, 2.75) is 26.7 Å². The third-order valence-corrected chi connectivity index (χ3v) is 3.18. The lowest BCUT2D eigenvalue weighted by molar-refractivity contribution is 0.812. The summed E-state index contributed by atoms with van der Waals surface area (Å²) in [6, 6.07) is 8.42. The average molecular weight is 258 g/mol. The van der Waals surface area contributed by atoms with Gasteiger partial charge in [0.05, 0.1) is 23.3 Å². The lowest BCUT2D eigenvalue weighted by Gasteiger charge is -2.09. The minimum Gasteiger partial charge on any atom is -0.382 e. The SMILES string of the molecule is CCc1c(NCCCN)cnn1-c1ccc(C)cc1. The molecule has 0 aliphatic heterocycles. The van der Waals surface area contributed by atoms with Crippen LogP contribution in [0, 0.1) is 6.92 Å². The van der Waals surface area contributed by atoms with Crippen molar-refractivity contribution in [2.75, 3.05) is 18.4 Å². The van der Waals surface area contributed by atoms with Gasteiger partial charge < -0.3 is 11.1 Å². The first kappa shape index (κ1) is 13.6. The van der Waals surface area contributed by atoms with Gasteiger partial charge >= 0.3 is 0 Å². The van der Waals surface area contributed by atoms with E-state index >= 15 is 0 Å². The Hall–Kier alpha value is -1.81. The largest absolute Gasteiger partial charge is 0.382 e. The fourth-order valence-electron chi connectivity index (χ4n) is 2.10. The van der Waals surface area contributed by atoms with Crippen LogP contribution in [0.5, 0.6) is 0 Å². The van der Waals surface area contributed by atoms with Crippen LogP contribution in [-0.4, -0.2) is 22.9 Å². The van der Waals surface area contributed by atoms with Crippen molar-refractivity contribution in [1.82, 2.24) is 9.78 Å². The molecule has 1 aromatic heterocycles. The van der Waals surface area contributed by atoms with Crippen molar-refractivity contribution in [3.63, 3.8) is 0 Å². The van der Waals surface area contributed by atoms with Gasteiger partial charge in [-0.15, -0.1) is 0 Å². The number of rotatable bonds is 6. The summed E-state index contributed by atoms with van der Waals surface area (Å²) in [7, 11) is 0. The number of nitrogens with zero attached hydrogens (tertiary/aromatic N) is 2. The molecule has 3 N–H and O–H groups in total. The van der Waals surface area contributed by atoms with Crippen molar-refractivity contribution in [3.8, 4) is 5.69 Å². The lowest BCUT2D eigenvalue weighted by atomic mass is 10.2. The molecule has 102 valence electrons. The highest BCUT2D eigenvalue weighted by molar-refractivity contribution is 5.50. The number of anilines is 1. The number of hydrogen-bond donors (Lipinski definition) is 2. The Morgan fingerprint density at radius 3 is 2.63 bits per heavy atom. The van der Waals surface area contributed by atoms with E-state index in [0.717, 1.165) is 30.8 Å². The zero-order valence-electron chi connectivity index (χ0n) is 11.7. The third-order valence-electron chi connectivity index (χ3n) is 3.18. The van der Waals surface area contributed by atoms with Crippen molar-refractivity contribution in [3.05, 3.63) is 41.7 Å². The molecule has 0 aliphatic carbocycles. The molecule has 4 heteroatoms. The molecule has 0 saturated heterocycles. The first-order chi connectivity index (χ1) is 9.26. The zero-order chi connectivity index (χ0) is 13.7. The number of nitrogens with one attached hydrogen (secondary N) is 1. The van der Waals surface area contributed by atoms with E-state index in [1.165, 1.54) is 11.3 Å². The van der Waals surface area contributed by atoms with Gasteiger partial charge in [-0.05, 0) is 38.4 Å². The molecule has 2 aromatic rings. The molecule has 0 fully saturated rings. The number of aryl methyl sites for hydroxylation is 1. The summed E-state index contributed by atoms with van der Waals surface area (Å²) in [5.41, 5.74) is 10.2. The molecular weight excluding hydrogens is 236 g/mol. The Balaban J connectivity index is 2.23. The van der Waals surface area contributed by atoms with E-state index in [-0.39, 0.29) is 0 Å². The Morgan fingerprint density at radius 1 is 1.26 bits per heavy atom. The van der Waals surface area contributed by atoms with Crippen molar-refractivity contribution < 1.29 is 0 Å². The van der Waals surface area contributed by atoms with Gasteiger partial charge in [0.1, 0.15) is 0 Å². The van der Waals surface area contributed by atoms with Crippen LogP contribution in [0.4, 0.5) is 5.69 Å². The molecule has 0 bridgehead atoms. The molecule has 0 saturated carbocycles. The fraction of sp³-hybridized carbons (Fsp3) is 0.400. The Kier molecular flexibility index (Phi) is 4.58. The second-order valence-corrected chi connectivity index (χ2v) is 4.67. The van der Waals surface area contributed by atoms with Gasteiger partial charge in [0.2, 0.25) is 0 Å². The summed E-state index contributed by atoms with van der Waals surface area (Å²) in [6.07, 6.45) is 3.81. The van der Waals surface area contributed by atoms with E-state index in [1.807, 2.05) is 10.9 Å². The molecule has 0 amide bonds. The van der Waals surface area contributed by atoms with Crippen LogP contribution in [-0.2, 0) is 6.42 Å². The summed E-state index contributed by atoms with van der Waals surface area (Å²) < 4.78 is 2.00. The summed E-state index contributed by atoms with van der Waals surface area (Å²) in [4.78, 5) is 0. The van der Waals surface area contributed by atoms with Crippen LogP contribution in [0.3, 0.4) is 0 Å². The summed E-state index contributed by atoms with van der Waals surface area (Å²) in [5.74, 6) is 0. The normalized spacial score (nSPS) is 10.7. The number of aromatic nitrogens is 2. The highest BCUT2D eigenvalue weighted by atomic mass is 15.3. The van der Waals surface area contributed by atoms with Gasteiger partial charge in [-0.3, -0.25) is 0 Å². The minimum atomic E-state index is 0.709. The van der Waals surface area contributed by atoms with Crippen molar-refractivity contribution in [1.29, 1.82) is 0 Å². The predicted octanol–water partition coefficient (Wildman–Crippen LogP) is 2.50. The average Bonchev–Trinajstić information content (AvgIpc) is 2.83. The molecule has 4 nitrogen and oxygen atoms in total. The lowest BCUT2D eigenvalue weighted by Crippen LogP contribution is -2.10. The van der Waals surface area contributed by atoms with Gasteiger partial charge in [0, 0.05) is 6.54 Å². The van der Waals surface area contributed by atoms with E-state index in [1.54, 1.807) is 0 Å². The third kappa shape index (κ3) is 3.15. The number of nitrogens with two attached hydrogens (primary N) is 1. The maximum Gasteiger partial charge on any atom is 0.0763 e. The molecule has 1 heterocycles. The standard InChI is InChI=1S/C15H22N4/c1-3-15-14(17-10-4-9-16)11-18-19(15)13-7-5-12(2)6-8-13/h5-8,11,17H,3-4,9-10,16H2,1-2H3. The molecule has 0 unspecified atom stereocenters. The van der Waals surface area contributed by atoms with E-state index in [2.05, 4.69) is 48.5 Å². The molecule has 2 rings (SSSR count). The summed E-state index contributed by atoms with van der Waals surface area (Å²) >= 11 is 0. The molecule has 0 aliphatic rings. The highest BCUT2D eigenvalue weighted by Crippen LogP contribution is 2.20.